The van der Waals surface area contributed by atoms with Gasteiger partial charge in [0.2, 0.25) is 0 Å². The minimum absolute atomic E-state index is 0.0233. The second-order valence-corrected chi connectivity index (χ2v) is 9.95. The molecule has 1 atom stereocenters. The lowest BCUT2D eigenvalue weighted by Gasteiger charge is -2.32. The van der Waals surface area contributed by atoms with Crippen LogP contribution in [0.2, 0.25) is 0 Å². The summed E-state index contributed by atoms with van der Waals surface area (Å²) in [6.07, 6.45) is 4.88. The molecule has 0 spiro atoms. The molecule has 1 aromatic carbocycles. The third-order valence-corrected chi connectivity index (χ3v) is 7.97. The summed E-state index contributed by atoms with van der Waals surface area (Å²) in [5, 5.41) is 7.54. The van der Waals surface area contributed by atoms with Crippen molar-refractivity contribution in [1.29, 1.82) is 0 Å². The molecule has 2 aliphatic heterocycles. The lowest BCUT2D eigenvalue weighted by atomic mass is 9.89. The van der Waals surface area contributed by atoms with E-state index in [1.807, 2.05) is 6.92 Å². The summed E-state index contributed by atoms with van der Waals surface area (Å²) in [4.78, 5) is 25.8. The van der Waals surface area contributed by atoms with Gasteiger partial charge < -0.3 is 20.3 Å². The number of amides is 1. The van der Waals surface area contributed by atoms with Crippen LogP contribution < -0.4 is 10.6 Å². The van der Waals surface area contributed by atoms with Gasteiger partial charge in [-0.3, -0.25) is 4.79 Å². The molecule has 33 heavy (non-hydrogen) atoms. The Morgan fingerprint density at radius 2 is 2.00 bits per heavy atom. The van der Waals surface area contributed by atoms with Crippen LogP contribution in [-0.2, 0) is 4.74 Å². The van der Waals surface area contributed by atoms with E-state index in [-0.39, 0.29) is 11.9 Å². The van der Waals surface area contributed by atoms with Crippen molar-refractivity contribution in [2.24, 2.45) is 0 Å². The van der Waals surface area contributed by atoms with Crippen LogP contribution in [0.3, 0.4) is 0 Å². The highest BCUT2D eigenvalue weighted by atomic mass is 32.1. The molecule has 0 aliphatic carbocycles. The minimum atomic E-state index is -0.0233. The molecule has 2 aromatic heterocycles. The second-order valence-electron chi connectivity index (χ2n) is 8.95. The Balaban J connectivity index is 1.16. The van der Waals surface area contributed by atoms with Crippen LogP contribution in [0, 0.1) is 6.92 Å². The molecule has 1 unspecified atom stereocenters. The molecule has 0 bridgehead atoms. The van der Waals surface area contributed by atoms with Crippen molar-refractivity contribution in [2.45, 2.75) is 38.1 Å². The van der Waals surface area contributed by atoms with Gasteiger partial charge >= 0.3 is 0 Å². The number of nitrogens with one attached hydrogen (secondary N) is 2. The molecule has 2 fully saturated rings. The molecule has 0 saturated carbocycles. The lowest BCUT2D eigenvalue weighted by molar-refractivity contribution is 0.0949. The lowest BCUT2D eigenvalue weighted by Crippen LogP contribution is -2.39. The number of rotatable bonds is 7. The maximum absolute atomic E-state index is 13.0. The fourth-order valence-electron chi connectivity index (χ4n) is 4.86. The van der Waals surface area contributed by atoms with E-state index in [1.165, 1.54) is 29.7 Å². The topological polar surface area (TPSA) is 79.4 Å². The van der Waals surface area contributed by atoms with Crippen molar-refractivity contribution >= 4 is 33.3 Å². The van der Waals surface area contributed by atoms with Gasteiger partial charge in [0, 0.05) is 19.7 Å². The quantitative estimate of drug-likeness (QED) is 0.552. The number of aromatic nitrogens is 2. The largest absolute Gasteiger partial charge is 0.379 e. The highest BCUT2D eigenvalue weighted by Gasteiger charge is 2.23. The van der Waals surface area contributed by atoms with E-state index in [0.29, 0.717) is 19.1 Å². The van der Waals surface area contributed by atoms with Crippen LogP contribution in [0.15, 0.2) is 36.7 Å². The van der Waals surface area contributed by atoms with Crippen LogP contribution >= 0.6 is 11.3 Å². The monoisotopic (exact) mass is 465 g/mol. The van der Waals surface area contributed by atoms with Crippen LogP contribution in [0.5, 0.6) is 0 Å². The summed E-state index contributed by atoms with van der Waals surface area (Å²) < 4.78 is 5.47. The van der Waals surface area contributed by atoms with Gasteiger partial charge in [-0.05, 0) is 56.3 Å². The number of thiophene rings is 1. The van der Waals surface area contributed by atoms with Crippen LogP contribution in [0.25, 0.3) is 10.2 Å². The van der Waals surface area contributed by atoms with Crippen molar-refractivity contribution in [3.63, 3.8) is 0 Å². The van der Waals surface area contributed by atoms with Crippen LogP contribution in [-0.4, -0.2) is 66.2 Å². The highest BCUT2D eigenvalue weighted by Crippen LogP contribution is 2.34. The fraction of sp³-hybridized carbons (Fsp3) is 0.480. The van der Waals surface area contributed by atoms with E-state index >= 15 is 0 Å². The molecule has 2 N–H and O–H groups in total. The Hall–Kier alpha value is -2.55. The molecule has 0 radical (unpaired) electrons. The summed E-state index contributed by atoms with van der Waals surface area (Å²) in [7, 11) is 0. The predicted molar refractivity (Wildman–Crippen MR) is 132 cm³/mol. The van der Waals surface area contributed by atoms with E-state index in [9.17, 15) is 4.79 Å². The van der Waals surface area contributed by atoms with Crippen molar-refractivity contribution in [3.8, 4) is 0 Å². The SMILES string of the molecule is Cc1c(C(=O)NCCN2CCC(c3ccccc3)CC2)sc2ncnc(NC3CCOC3)c12. The van der Waals surface area contributed by atoms with E-state index in [2.05, 4.69) is 55.8 Å². The average Bonchev–Trinajstić information content (AvgIpc) is 3.48. The minimum Gasteiger partial charge on any atom is -0.379 e. The van der Waals surface area contributed by atoms with E-state index in [4.69, 9.17) is 4.74 Å². The Bertz CT molecular complexity index is 1090. The van der Waals surface area contributed by atoms with Gasteiger partial charge in [0.15, 0.2) is 0 Å². The Labute approximate surface area is 198 Å². The maximum Gasteiger partial charge on any atom is 0.261 e. The van der Waals surface area contributed by atoms with Crippen molar-refractivity contribution in [2.75, 3.05) is 44.7 Å². The molecular formula is C25H31N5O2S. The van der Waals surface area contributed by atoms with Crippen LogP contribution in [0.1, 0.15) is 46.0 Å². The molecule has 2 saturated heterocycles. The molecular weight excluding hydrogens is 434 g/mol. The van der Waals surface area contributed by atoms with Crippen molar-refractivity contribution in [1.82, 2.24) is 20.2 Å². The standard InChI is InChI=1S/C25H31N5O2S/c1-17-21-23(29-20-9-14-32-15-20)27-16-28-25(21)33-22(17)24(31)26-10-13-30-11-7-19(8-12-30)18-5-3-2-4-6-18/h2-6,16,19-20H,7-15H2,1H3,(H,26,31)(H,27,28,29). The van der Waals surface area contributed by atoms with E-state index in [1.54, 1.807) is 6.33 Å². The zero-order valence-corrected chi connectivity index (χ0v) is 19.9. The number of anilines is 1. The smallest absolute Gasteiger partial charge is 0.261 e. The van der Waals surface area contributed by atoms with Gasteiger partial charge in [-0.2, -0.15) is 0 Å². The Kier molecular flexibility index (Phi) is 6.85. The zero-order chi connectivity index (χ0) is 22.6. The first-order valence-corrected chi connectivity index (χ1v) is 12.6. The summed E-state index contributed by atoms with van der Waals surface area (Å²) >= 11 is 1.44. The van der Waals surface area contributed by atoms with Crippen molar-refractivity contribution in [3.05, 3.63) is 52.7 Å². The first kappa shape index (κ1) is 22.3. The predicted octanol–water partition coefficient (Wildman–Crippen LogP) is 3.81. The van der Waals surface area contributed by atoms with Gasteiger partial charge in [-0.25, -0.2) is 9.97 Å². The summed E-state index contributed by atoms with van der Waals surface area (Å²) in [5.41, 5.74) is 2.39. The molecule has 2 aliphatic rings. The number of piperidine rings is 1. The first-order chi connectivity index (χ1) is 16.2. The molecule has 4 heterocycles. The molecule has 3 aromatic rings. The van der Waals surface area contributed by atoms with Crippen molar-refractivity contribution < 1.29 is 9.53 Å². The highest BCUT2D eigenvalue weighted by molar-refractivity contribution is 7.20. The first-order valence-electron chi connectivity index (χ1n) is 11.8. The van der Waals surface area contributed by atoms with Gasteiger partial charge in [0.25, 0.3) is 5.91 Å². The Morgan fingerprint density at radius 3 is 2.76 bits per heavy atom. The van der Waals surface area contributed by atoms with E-state index < -0.39 is 0 Å². The number of benzene rings is 1. The third-order valence-electron chi connectivity index (χ3n) is 6.78. The molecule has 1 amide bonds. The van der Waals surface area contributed by atoms with E-state index in [0.717, 1.165) is 59.1 Å². The second kappa shape index (κ2) is 10.2. The van der Waals surface area contributed by atoms with Crippen LogP contribution in [0.4, 0.5) is 5.82 Å². The fourth-order valence-corrected chi connectivity index (χ4v) is 5.93. The number of carbonyl (C=O) groups excluding carboxylic acids is 1. The molecule has 7 nitrogen and oxygen atoms in total. The van der Waals surface area contributed by atoms with Gasteiger partial charge in [-0.1, -0.05) is 30.3 Å². The number of hydrogen-bond acceptors (Lipinski definition) is 7. The number of fused-ring (bicyclic) bond motifs is 1. The number of aryl methyl sites for hydroxylation is 1. The number of nitrogens with zero attached hydrogens (tertiary/aromatic N) is 3. The molecule has 8 heteroatoms. The number of hydrogen-bond donors (Lipinski definition) is 2. The zero-order valence-electron chi connectivity index (χ0n) is 19.0. The van der Waals surface area contributed by atoms with Gasteiger partial charge in [0.1, 0.15) is 17.0 Å². The summed E-state index contributed by atoms with van der Waals surface area (Å²) in [6, 6.07) is 11.1. The Morgan fingerprint density at radius 1 is 1.18 bits per heavy atom. The summed E-state index contributed by atoms with van der Waals surface area (Å²) in [6.45, 7) is 7.13. The maximum atomic E-state index is 13.0. The number of ether oxygens (including phenoxy) is 1. The molecule has 174 valence electrons. The number of likely N-dealkylation sites (tertiary alicyclic amines) is 1. The normalized spacial score (nSPS) is 19.7. The van der Waals surface area contributed by atoms with Gasteiger partial charge in [0.05, 0.1) is 22.9 Å². The summed E-state index contributed by atoms with van der Waals surface area (Å²) in [5.74, 6) is 1.42. The molecule has 5 rings (SSSR count). The van der Waals surface area contributed by atoms with Gasteiger partial charge in [-0.15, -0.1) is 11.3 Å². The number of carbonyl (C=O) groups is 1. The third kappa shape index (κ3) is 5.03. The average molecular weight is 466 g/mol.